The van der Waals surface area contributed by atoms with Gasteiger partial charge >= 0.3 is 0 Å². The van der Waals surface area contributed by atoms with Gasteiger partial charge in [0.15, 0.2) is 26.8 Å². The summed E-state index contributed by atoms with van der Waals surface area (Å²) in [4.78, 5) is 0.117. The second-order valence-electron chi connectivity index (χ2n) is 6.46. The maximum absolute atomic E-state index is 13.1. The summed E-state index contributed by atoms with van der Waals surface area (Å²) in [5.74, 6) is 0.316. The molecule has 0 spiro atoms. The largest absolute Gasteiger partial charge is 0.454 e. The number of fused-ring (bicyclic) bond motifs is 1. The van der Waals surface area contributed by atoms with Gasteiger partial charge in [0.1, 0.15) is 5.25 Å². The molecule has 1 aliphatic carbocycles. The Kier molecular flexibility index (Phi) is 3.47. The van der Waals surface area contributed by atoms with Crippen molar-refractivity contribution in [3.05, 3.63) is 53.6 Å². The second kappa shape index (κ2) is 5.48. The number of ether oxygens (including phenoxy) is 2. The highest BCUT2D eigenvalue weighted by molar-refractivity contribution is 7.92. The third-order valence-electron chi connectivity index (χ3n) is 4.94. The maximum Gasteiger partial charge on any atom is 0.231 e. The highest BCUT2D eigenvalue weighted by atomic mass is 32.2. The van der Waals surface area contributed by atoms with Crippen LogP contribution in [0.15, 0.2) is 47.4 Å². The number of nitriles is 2. The van der Waals surface area contributed by atoms with Crippen LogP contribution in [-0.2, 0) is 9.84 Å². The summed E-state index contributed by atoms with van der Waals surface area (Å²) in [6, 6.07) is 15.3. The molecule has 2 aromatic carbocycles. The van der Waals surface area contributed by atoms with Crippen LogP contribution in [0.2, 0.25) is 0 Å². The van der Waals surface area contributed by atoms with Crippen LogP contribution in [0.5, 0.6) is 11.5 Å². The lowest BCUT2D eigenvalue weighted by atomic mass is 10.0. The maximum atomic E-state index is 13.1. The van der Waals surface area contributed by atoms with Crippen LogP contribution in [0, 0.1) is 35.0 Å². The number of sulfone groups is 1. The molecule has 0 amide bonds. The highest BCUT2D eigenvalue weighted by Crippen LogP contribution is 2.64. The van der Waals surface area contributed by atoms with E-state index in [1.165, 1.54) is 12.1 Å². The van der Waals surface area contributed by atoms with Crippen molar-refractivity contribution in [2.75, 3.05) is 6.79 Å². The third-order valence-corrected chi connectivity index (χ3v) is 7.18. The van der Waals surface area contributed by atoms with E-state index < -0.39 is 26.4 Å². The summed E-state index contributed by atoms with van der Waals surface area (Å²) in [7, 11) is -3.84. The van der Waals surface area contributed by atoms with Crippen molar-refractivity contribution in [3.8, 4) is 23.6 Å². The number of hydrogen-bond donors (Lipinski definition) is 0. The smallest absolute Gasteiger partial charge is 0.231 e. The molecule has 0 aromatic heterocycles. The predicted molar refractivity (Wildman–Crippen MR) is 91.1 cm³/mol. The summed E-state index contributed by atoms with van der Waals surface area (Å²) < 4.78 is 36.8. The van der Waals surface area contributed by atoms with Crippen LogP contribution in [0.1, 0.15) is 17.0 Å². The molecule has 0 N–H and O–H groups in total. The van der Waals surface area contributed by atoms with Crippen molar-refractivity contribution in [1.29, 1.82) is 10.5 Å². The zero-order valence-corrected chi connectivity index (χ0v) is 14.7. The third kappa shape index (κ3) is 2.18. The number of hydrogen-bond acceptors (Lipinski definition) is 6. The molecular formula is C19H14N2O4S. The van der Waals surface area contributed by atoms with Gasteiger partial charge in [0.25, 0.3) is 0 Å². The van der Waals surface area contributed by atoms with E-state index in [9.17, 15) is 18.9 Å². The number of benzene rings is 2. The van der Waals surface area contributed by atoms with Crippen molar-refractivity contribution in [1.82, 2.24) is 0 Å². The minimum atomic E-state index is -3.84. The minimum Gasteiger partial charge on any atom is -0.454 e. The fourth-order valence-electron chi connectivity index (χ4n) is 3.49. The van der Waals surface area contributed by atoms with Gasteiger partial charge in [-0.2, -0.15) is 10.5 Å². The van der Waals surface area contributed by atoms with Gasteiger partial charge in [0.05, 0.1) is 17.0 Å². The number of aryl methyl sites for hydroxylation is 1. The van der Waals surface area contributed by atoms with E-state index in [2.05, 4.69) is 0 Å². The van der Waals surface area contributed by atoms with Crippen LogP contribution in [-0.4, -0.2) is 20.5 Å². The van der Waals surface area contributed by atoms with Crippen LogP contribution in [0.25, 0.3) is 0 Å². The Hall–Kier alpha value is -3.03. The van der Waals surface area contributed by atoms with Crippen molar-refractivity contribution >= 4 is 9.84 Å². The first kappa shape index (κ1) is 16.4. The molecule has 2 aliphatic rings. The van der Waals surface area contributed by atoms with Crippen molar-refractivity contribution in [3.63, 3.8) is 0 Å². The Labute approximate surface area is 151 Å². The fourth-order valence-corrected chi connectivity index (χ4v) is 5.69. The Morgan fingerprint density at radius 2 is 1.69 bits per heavy atom. The molecule has 130 valence electrons. The molecule has 0 bridgehead atoms. The SMILES string of the molecule is Cc1ccc(S(=O)(=O)C2C(c3ccc4c(c3)OCO4)C2(C#N)C#N)cc1. The molecule has 1 aliphatic heterocycles. The molecule has 1 fully saturated rings. The lowest BCUT2D eigenvalue weighted by Gasteiger charge is -2.05. The van der Waals surface area contributed by atoms with Crippen LogP contribution >= 0.6 is 0 Å². The summed E-state index contributed by atoms with van der Waals surface area (Å²) >= 11 is 0. The molecule has 2 aromatic rings. The van der Waals surface area contributed by atoms with E-state index in [1.807, 2.05) is 19.1 Å². The average molecular weight is 366 g/mol. The van der Waals surface area contributed by atoms with Crippen LogP contribution in [0.3, 0.4) is 0 Å². The van der Waals surface area contributed by atoms with Crippen LogP contribution in [0.4, 0.5) is 0 Å². The van der Waals surface area contributed by atoms with Crippen molar-refractivity contribution < 1.29 is 17.9 Å². The molecule has 0 saturated heterocycles. The fraction of sp³-hybridized carbons (Fsp3) is 0.263. The molecule has 26 heavy (non-hydrogen) atoms. The van der Waals surface area contributed by atoms with Crippen LogP contribution < -0.4 is 9.47 Å². The molecule has 1 saturated carbocycles. The number of rotatable bonds is 3. The van der Waals surface area contributed by atoms with E-state index in [0.29, 0.717) is 17.1 Å². The van der Waals surface area contributed by atoms with Gasteiger partial charge in [-0.3, -0.25) is 0 Å². The first-order valence-electron chi connectivity index (χ1n) is 7.96. The first-order valence-corrected chi connectivity index (χ1v) is 9.51. The quantitative estimate of drug-likeness (QED) is 0.828. The molecule has 0 radical (unpaired) electrons. The summed E-state index contributed by atoms with van der Waals surface area (Å²) in [5, 5.41) is 18.1. The lowest BCUT2D eigenvalue weighted by molar-refractivity contribution is 0.174. The van der Waals surface area contributed by atoms with Gasteiger partial charge < -0.3 is 9.47 Å². The lowest BCUT2D eigenvalue weighted by Crippen LogP contribution is -2.14. The van der Waals surface area contributed by atoms with Gasteiger partial charge in [-0.05, 0) is 36.8 Å². The molecule has 6 nitrogen and oxygen atoms in total. The van der Waals surface area contributed by atoms with E-state index in [-0.39, 0.29) is 11.7 Å². The molecule has 7 heteroatoms. The van der Waals surface area contributed by atoms with E-state index in [1.54, 1.807) is 30.3 Å². The summed E-state index contributed by atoms with van der Waals surface area (Å²) in [6.45, 7) is 1.95. The standard InChI is InChI=1S/C19H14N2O4S/c1-12-2-5-14(6-3-12)26(22,23)18-17(19(18,9-20)10-21)13-4-7-15-16(8-13)25-11-24-15/h2-8,17-18H,11H2,1H3. The van der Waals surface area contributed by atoms with Gasteiger partial charge in [-0.15, -0.1) is 0 Å². The molecule has 1 heterocycles. The van der Waals surface area contributed by atoms with E-state index in [4.69, 9.17) is 9.47 Å². The zero-order valence-electron chi connectivity index (χ0n) is 13.8. The molecule has 4 rings (SSSR count). The Balaban J connectivity index is 1.79. The molecule has 2 atom stereocenters. The highest BCUT2D eigenvalue weighted by Gasteiger charge is 2.73. The predicted octanol–water partition coefficient (Wildman–Crippen LogP) is 2.70. The Bertz CT molecular complexity index is 1060. The van der Waals surface area contributed by atoms with E-state index >= 15 is 0 Å². The van der Waals surface area contributed by atoms with Crippen molar-refractivity contribution in [2.45, 2.75) is 23.0 Å². The molecule has 2 unspecified atom stereocenters. The summed E-state index contributed by atoms with van der Waals surface area (Å²) in [5.41, 5.74) is -0.103. The normalized spacial score (nSPS) is 22.3. The van der Waals surface area contributed by atoms with Gasteiger partial charge in [-0.1, -0.05) is 23.8 Å². The topological polar surface area (TPSA) is 100 Å². The van der Waals surface area contributed by atoms with Gasteiger partial charge in [-0.25, -0.2) is 8.42 Å². The Morgan fingerprint density at radius 3 is 2.35 bits per heavy atom. The first-order chi connectivity index (χ1) is 12.4. The minimum absolute atomic E-state index is 0.0934. The average Bonchev–Trinajstić information content (AvgIpc) is 3.12. The second-order valence-corrected chi connectivity index (χ2v) is 8.53. The summed E-state index contributed by atoms with van der Waals surface area (Å²) in [6.07, 6.45) is 0. The van der Waals surface area contributed by atoms with Gasteiger partial charge in [0.2, 0.25) is 6.79 Å². The molecular weight excluding hydrogens is 352 g/mol. The number of nitrogens with zero attached hydrogens (tertiary/aromatic N) is 2. The Morgan fingerprint density at radius 1 is 1.04 bits per heavy atom. The van der Waals surface area contributed by atoms with Crippen molar-refractivity contribution in [2.24, 2.45) is 5.41 Å². The zero-order chi connectivity index (χ0) is 18.5. The van der Waals surface area contributed by atoms with Gasteiger partial charge in [0, 0.05) is 5.92 Å². The van der Waals surface area contributed by atoms with E-state index in [0.717, 1.165) is 5.56 Å². The monoisotopic (exact) mass is 366 g/mol.